The quantitative estimate of drug-likeness (QED) is 0.580. The summed E-state index contributed by atoms with van der Waals surface area (Å²) in [5.41, 5.74) is 1.16. The summed E-state index contributed by atoms with van der Waals surface area (Å²) in [4.78, 5) is 17.5. The highest BCUT2D eigenvalue weighted by atomic mass is 32.2. The summed E-state index contributed by atoms with van der Waals surface area (Å²) < 4.78 is 5.58. The van der Waals surface area contributed by atoms with Gasteiger partial charge in [-0.2, -0.15) is 0 Å². The summed E-state index contributed by atoms with van der Waals surface area (Å²) in [6.45, 7) is 8.60. The molecule has 1 saturated heterocycles. The molecule has 0 aromatic heterocycles. The first-order valence-corrected chi connectivity index (χ1v) is 10.4. The number of benzene rings is 1. The van der Waals surface area contributed by atoms with Crippen LogP contribution >= 0.6 is 11.8 Å². The summed E-state index contributed by atoms with van der Waals surface area (Å²) in [5, 5.41) is 19.7. The summed E-state index contributed by atoms with van der Waals surface area (Å²) in [5.74, 6) is 0.627. The third kappa shape index (κ3) is 3.47. The Bertz CT molecular complexity index is 696. The second kappa shape index (κ2) is 7.42. The minimum absolute atomic E-state index is 0.129. The topological polar surface area (TPSA) is 73.2 Å². The van der Waals surface area contributed by atoms with Crippen molar-refractivity contribution in [1.82, 2.24) is 9.80 Å². The SMILES string of the molecule is CCN1CCN(CCSc2ccc3c(c2C(=O)O)OB(O)C2CC32)CC1. The van der Waals surface area contributed by atoms with Gasteiger partial charge in [0.15, 0.2) is 0 Å². The molecule has 2 unspecified atom stereocenters. The van der Waals surface area contributed by atoms with Crippen molar-refractivity contribution in [2.45, 2.75) is 30.0 Å². The van der Waals surface area contributed by atoms with Gasteiger partial charge >= 0.3 is 13.1 Å². The fourth-order valence-corrected chi connectivity index (χ4v) is 5.09. The van der Waals surface area contributed by atoms with Crippen LogP contribution in [-0.2, 0) is 0 Å². The van der Waals surface area contributed by atoms with E-state index in [0.29, 0.717) is 5.75 Å². The molecule has 140 valence electrons. The number of likely N-dealkylation sites (N-methyl/N-ethyl adjacent to an activating group) is 1. The molecule has 2 heterocycles. The molecule has 0 spiro atoms. The van der Waals surface area contributed by atoms with E-state index in [1.165, 1.54) is 0 Å². The molecule has 4 rings (SSSR count). The molecule has 1 aromatic carbocycles. The molecule has 1 saturated carbocycles. The van der Waals surface area contributed by atoms with Crippen LogP contribution < -0.4 is 4.65 Å². The van der Waals surface area contributed by atoms with E-state index in [4.69, 9.17) is 4.65 Å². The number of rotatable bonds is 6. The largest absolute Gasteiger partial charge is 0.535 e. The van der Waals surface area contributed by atoms with Crippen molar-refractivity contribution in [2.75, 3.05) is 45.0 Å². The Morgan fingerprint density at radius 3 is 2.73 bits per heavy atom. The molecule has 26 heavy (non-hydrogen) atoms. The van der Waals surface area contributed by atoms with Crippen LogP contribution in [0.25, 0.3) is 0 Å². The smallest absolute Gasteiger partial charge is 0.526 e. The van der Waals surface area contributed by atoms with Gasteiger partial charge in [-0.3, -0.25) is 4.90 Å². The first-order valence-electron chi connectivity index (χ1n) is 9.41. The Morgan fingerprint density at radius 2 is 2.04 bits per heavy atom. The minimum Gasteiger partial charge on any atom is -0.535 e. The van der Waals surface area contributed by atoms with Crippen molar-refractivity contribution in [3.05, 3.63) is 23.3 Å². The van der Waals surface area contributed by atoms with E-state index in [1.807, 2.05) is 12.1 Å². The Hall–Kier alpha value is -1.22. The van der Waals surface area contributed by atoms with Crippen LogP contribution in [0.1, 0.15) is 35.2 Å². The number of hydrogen-bond donors (Lipinski definition) is 2. The third-order valence-electron chi connectivity index (χ3n) is 5.79. The van der Waals surface area contributed by atoms with Crippen LogP contribution in [0.2, 0.25) is 5.82 Å². The lowest BCUT2D eigenvalue weighted by Crippen LogP contribution is -2.46. The fourth-order valence-electron chi connectivity index (χ4n) is 4.03. The van der Waals surface area contributed by atoms with E-state index in [9.17, 15) is 14.9 Å². The van der Waals surface area contributed by atoms with E-state index < -0.39 is 13.1 Å². The van der Waals surface area contributed by atoms with Crippen LogP contribution in [0.5, 0.6) is 5.75 Å². The Balaban J connectivity index is 1.42. The van der Waals surface area contributed by atoms with E-state index >= 15 is 0 Å². The standard InChI is InChI=1S/C18H25BN2O4S/c1-2-20-5-7-21(8-6-20)9-10-26-15-4-3-12-13-11-14(13)19(24)25-17(12)16(15)18(22)23/h3-4,13-14,24H,2,5-11H2,1H3,(H,22,23). The molecular weight excluding hydrogens is 351 g/mol. The van der Waals surface area contributed by atoms with Crippen LogP contribution in [0, 0.1) is 0 Å². The van der Waals surface area contributed by atoms with Crippen molar-refractivity contribution < 1.29 is 19.6 Å². The van der Waals surface area contributed by atoms with Gasteiger partial charge in [0.05, 0.1) is 0 Å². The van der Waals surface area contributed by atoms with Crippen molar-refractivity contribution in [1.29, 1.82) is 0 Å². The Morgan fingerprint density at radius 1 is 1.31 bits per heavy atom. The second-order valence-electron chi connectivity index (χ2n) is 7.30. The molecule has 1 aliphatic carbocycles. The molecule has 8 heteroatoms. The van der Waals surface area contributed by atoms with Crippen LogP contribution in [0.4, 0.5) is 0 Å². The van der Waals surface area contributed by atoms with Gasteiger partial charge in [-0.05, 0) is 30.5 Å². The lowest BCUT2D eigenvalue weighted by Gasteiger charge is -2.33. The first-order chi connectivity index (χ1) is 12.6. The van der Waals surface area contributed by atoms with Crippen molar-refractivity contribution in [3.8, 4) is 5.75 Å². The minimum atomic E-state index is -0.979. The average Bonchev–Trinajstić information content (AvgIpc) is 3.43. The predicted octanol–water partition coefficient (Wildman–Crippen LogP) is 1.84. The number of fused-ring (bicyclic) bond motifs is 3. The molecule has 1 aromatic rings. The second-order valence-corrected chi connectivity index (χ2v) is 8.44. The zero-order valence-electron chi connectivity index (χ0n) is 15.1. The molecule has 3 aliphatic rings. The molecule has 0 bridgehead atoms. The average molecular weight is 376 g/mol. The molecule has 2 N–H and O–H groups in total. The van der Waals surface area contributed by atoms with E-state index in [1.54, 1.807) is 11.8 Å². The van der Waals surface area contributed by atoms with Gasteiger partial charge < -0.3 is 19.7 Å². The van der Waals surface area contributed by atoms with Crippen LogP contribution in [0.15, 0.2) is 17.0 Å². The van der Waals surface area contributed by atoms with Gasteiger partial charge in [0.25, 0.3) is 0 Å². The summed E-state index contributed by atoms with van der Waals surface area (Å²) in [6.07, 6.45) is 0.878. The Labute approximate surface area is 158 Å². The number of aromatic carboxylic acids is 1. The number of carbonyl (C=O) groups is 1. The van der Waals surface area contributed by atoms with Crippen LogP contribution in [0.3, 0.4) is 0 Å². The van der Waals surface area contributed by atoms with Gasteiger partial charge in [-0.1, -0.05) is 13.0 Å². The van der Waals surface area contributed by atoms with E-state index in [-0.39, 0.29) is 17.3 Å². The summed E-state index contributed by atoms with van der Waals surface area (Å²) >= 11 is 1.57. The van der Waals surface area contributed by atoms with Crippen LogP contribution in [-0.4, -0.2) is 78.0 Å². The van der Waals surface area contributed by atoms with Gasteiger partial charge in [0.1, 0.15) is 11.3 Å². The zero-order chi connectivity index (χ0) is 18.3. The number of carboxylic acids is 1. The number of piperazine rings is 1. The van der Waals surface area contributed by atoms with E-state index in [2.05, 4.69) is 16.7 Å². The molecule has 0 radical (unpaired) electrons. The maximum absolute atomic E-state index is 11.9. The van der Waals surface area contributed by atoms with Gasteiger partial charge in [0, 0.05) is 49.2 Å². The maximum Gasteiger partial charge on any atom is 0.526 e. The highest BCUT2D eigenvalue weighted by Gasteiger charge is 2.54. The summed E-state index contributed by atoms with van der Waals surface area (Å²) in [7, 11) is -0.874. The first kappa shape index (κ1) is 18.2. The predicted molar refractivity (Wildman–Crippen MR) is 102 cm³/mol. The third-order valence-corrected chi connectivity index (χ3v) is 6.82. The van der Waals surface area contributed by atoms with Crippen molar-refractivity contribution >= 4 is 24.8 Å². The monoisotopic (exact) mass is 376 g/mol. The summed E-state index contributed by atoms with van der Waals surface area (Å²) in [6, 6.07) is 3.90. The molecule has 2 fully saturated rings. The number of carboxylic acid groups (broad SMARTS) is 1. The molecule has 0 amide bonds. The maximum atomic E-state index is 11.9. The number of nitrogens with zero attached hydrogens (tertiary/aromatic N) is 2. The zero-order valence-corrected chi connectivity index (χ0v) is 15.9. The van der Waals surface area contributed by atoms with Gasteiger partial charge in [-0.15, -0.1) is 11.8 Å². The normalized spacial score (nSPS) is 25.4. The highest BCUT2D eigenvalue weighted by Crippen LogP contribution is 2.60. The number of thioether (sulfide) groups is 1. The lowest BCUT2D eigenvalue weighted by atomic mass is 9.77. The molecule has 2 aliphatic heterocycles. The molecular formula is C18H25BN2O4S. The van der Waals surface area contributed by atoms with Gasteiger partial charge in [-0.25, -0.2) is 4.79 Å². The number of hydrogen-bond acceptors (Lipinski definition) is 6. The molecule has 6 nitrogen and oxygen atoms in total. The lowest BCUT2D eigenvalue weighted by molar-refractivity contribution is 0.0690. The fraction of sp³-hybridized carbons (Fsp3) is 0.611. The van der Waals surface area contributed by atoms with Gasteiger partial charge in [0.2, 0.25) is 0 Å². The molecule has 2 atom stereocenters. The van der Waals surface area contributed by atoms with Crippen molar-refractivity contribution in [2.24, 2.45) is 0 Å². The van der Waals surface area contributed by atoms with Crippen molar-refractivity contribution in [3.63, 3.8) is 0 Å². The Kier molecular flexibility index (Phi) is 5.19. The highest BCUT2D eigenvalue weighted by molar-refractivity contribution is 7.99. The van der Waals surface area contributed by atoms with E-state index in [0.717, 1.165) is 61.9 Å².